The number of rotatable bonds is 11. The first-order chi connectivity index (χ1) is 14.7. The van der Waals surface area contributed by atoms with E-state index in [0.717, 1.165) is 36.3 Å². The van der Waals surface area contributed by atoms with E-state index in [2.05, 4.69) is 12.2 Å². The molecule has 0 radical (unpaired) electrons. The summed E-state index contributed by atoms with van der Waals surface area (Å²) in [5.74, 6) is 1.56. The summed E-state index contributed by atoms with van der Waals surface area (Å²) in [6.45, 7) is 3.99. The number of carbonyl (C=O) groups excluding carboxylic acids is 2. The molecule has 1 saturated heterocycles. The van der Waals surface area contributed by atoms with E-state index in [1.807, 2.05) is 59.5 Å². The van der Waals surface area contributed by atoms with Gasteiger partial charge in [0.15, 0.2) is 0 Å². The fourth-order valence-electron chi connectivity index (χ4n) is 3.33. The molecule has 1 fully saturated rings. The lowest BCUT2D eigenvalue weighted by Crippen LogP contribution is -2.27. The molecule has 1 N–H and O–H groups in total. The predicted octanol–water partition coefficient (Wildman–Crippen LogP) is 4.54. The third kappa shape index (κ3) is 6.52. The molecule has 160 valence electrons. The van der Waals surface area contributed by atoms with Gasteiger partial charge >= 0.3 is 0 Å². The zero-order chi connectivity index (χ0) is 21.2. The Bertz CT molecular complexity index is 811. The van der Waals surface area contributed by atoms with Crippen LogP contribution in [0.5, 0.6) is 5.75 Å². The van der Waals surface area contributed by atoms with Gasteiger partial charge in [0.25, 0.3) is 0 Å². The molecular formula is C24H30N2O3S. The number of benzene rings is 2. The maximum Gasteiger partial charge on any atom is 0.234 e. The average molecular weight is 427 g/mol. The lowest BCUT2D eigenvalue weighted by atomic mass is 10.1. The summed E-state index contributed by atoms with van der Waals surface area (Å²) in [5, 5.41) is 2.94. The number of unbranched alkanes of at least 4 members (excludes halogenated alkanes) is 1. The van der Waals surface area contributed by atoms with E-state index in [4.69, 9.17) is 4.74 Å². The lowest BCUT2D eigenvalue weighted by molar-refractivity contribution is -0.128. The largest absolute Gasteiger partial charge is 0.494 e. The van der Waals surface area contributed by atoms with Gasteiger partial charge in [-0.1, -0.05) is 55.8 Å². The van der Waals surface area contributed by atoms with Crippen molar-refractivity contribution in [3.05, 3.63) is 65.7 Å². The minimum atomic E-state index is 0.0265. The van der Waals surface area contributed by atoms with E-state index < -0.39 is 0 Å². The Labute approximate surface area is 183 Å². The average Bonchev–Trinajstić information content (AvgIpc) is 3.13. The van der Waals surface area contributed by atoms with Crippen molar-refractivity contribution in [3.8, 4) is 5.75 Å². The van der Waals surface area contributed by atoms with Crippen LogP contribution in [0.1, 0.15) is 49.1 Å². The van der Waals surface area contributed by atoms with Gasteiger partial charge in [0.05, 0.1) is 12.4 Å². The number of carbonyl (C=O) groups is 2. The number of thioether (sulfide) groups is 1. The van der Waals surface area contributed by atoms with E-state index in [0.29, 0.717) is 31.7 Å². The van der Waals surface area contributed by atoms with E-state index in [1.54, 1.807) is 11.8 Å². The summed E-state index contributed by atoms with van der Waals surface area (Å²) < 4.78 is 5.78. The van der Waals surface area contributed by atoms with Gasteiger partial charge in [-0.05, 0) is 36.1 Å². The molecule has 0 aliphatic carbocycles. The Hall–Kier alpha value is -2.47. The minimum Gasteiger partial charge on any atom is -0.494 e. The maximum absolute atomic E-state index is 12.4. The monoisotopic (exact) mass is 426 g/mol. The fourth-order valence-corrected chi connectivity index (χ4v) is 4.51. The van der Waals surface area contributed by atoms with Crippen molar-refractivity contribution in [2.24, 2.45) is 0 Å². The SMILES string of the molecule is CCCCNC(=O)CCCOc1ccc(C2SCC(=O)N2Cc2ccccc2)cc1. The number of hydrogen-bond acceptors (Lipinski definition) is 4. The Kier molecular flexibility index (Phi) is 8.63. The van der Waals surface area contributed by atoms with Crippen LogP contribution in [0.25, 0.3) is 0 Å². The van der Waals surface area contributed by atoms with Crippen molar-refractivity contribution < 1.29 is 14.3 Å². The number of nitrogens with zero attached hydrogens (tertiary/aromatic N) is 1. The minimum absolute atomic E-state index is 0.0265. The molecule has 0 aromatic heterocycles. The molecule has 30 heavy (non-hydrogen) atoms. The van der Waals surface area contributed by atoms with Gasteiger partial charge in [0.1, 0.15) is 11.1 Å². The van der Waals surface area contributed by atoms with Gasteiger partial charge in [-0.15, -0.1) is 11.8 Å². The van der Waals surface area contributed by atoms with Crippen molar-refractivity contribution in [2.45, 2.75) is 44.5 Å². The van der Waals surface area contributed by atoms with Crippen LogP contribution in [-0.4, -0.2) is 35.6 Å². The first-order valence-corrected chi connectivity index (χ1v) is 11.7. The molecule has 2 amide bonds. The van der Waals surface area contributed by atoms with Gasteiger partial charge in [-0.3, -0.25) is 9.59 Å². The van der Waals surface area contributed by atoms with Crippen molar-refractivity contribution in [1.29, 1.82) is 0 Å². The topological polar surface area (TPSA) is 58.6 Å². The zero-order valence-corrected chi connectivity index (χ0v) is 18.3. The van der Waals surface area contributed by atoms with Gasteiger partial charge in [-0.2, -0.15) is 0 Å². The maximum atomic E-state index is 12.4. The third-order valence-corrected chi connectivity index (χ3v) is 6.25. The zero-order valence-electron chi connectivity index (χ0n) is 17.5. The molecule has 6 heteroatoms. The summed E-state index contributed by atoms with van der Waals surface area (Å²) in [7, 11) is 0. The normalized spacial score (nSPS) is 16.0. The van der Waals surface area contributed by atoms with E-state index in [-0.39, 0.29) is 17.2 Å². The molecule has 5 nitrogen and oxygen atoms in total. The molecule has 0 spiro atoms. The van der Waals surface area contributed by atoms with Crippen LogP contribution >= 0.6 is 11.8 Å². The van der Waals surface area contributed by atoms with Gasteiger partial charge in [-0.25, -0.2) is 0 Å². The molecule has 1 aliphatic heterocycles. The molecule has 0 bridgehead atoms. The second kappa shape index (κ2) is 11.6. The molecule has 0 saturated carbocycles. The Morgan fingerprint density at radius 2 is 1.90 bits per heavy atom. The number of nitrogens with one attached hydrogen (secondary N) is 1. The highest BCUT2D eigenvalue weighted by Gasteiger charge is 2.32. The second-order valence-electron chi connectivity index (χ2n) is 7.40. The fraction of sp³-hybridized carbons (Fsp3) is 0.417. The van der Waals surface area contributed by atoms with E-state index in [9.17, 15) is 9.59 Å². The van der Waals surface area contributed by atoms with Crippen molar-refractivity contribution in [1.82, 2.24) is 10.2 Å². The summed E-state index contributed by atoms with van der Waals surface area (Å²) in [4.78, 5) is 26.0. The standard InChI is InChI=1S/C24H30N2O3S/c1-2-3-15-25-22(27)10-7-16-29-21-13-11-20(12-14-21)24-26(23(28)18-30-24)17-19-8-5-4-6-9-19/h4-6,8-9,11-14,24H,2-3,7,10,15-18H2,1H3,(H,25,27). The molecule has 1 aliphatic rings. The van der Waals surface area contributed by atoms with Crippen LogP contribution in [0, 0.1) is 0 Å². The number of ether oxygens (including phenoxy) is 1. The molecule has 1 unspecified atom stereocenters. The predicted molar refractivity (Wildman–Crippen MR) is 121 cm³/mol. The Balaban J connectivity index is 1.47. The smallest absolute Gasteiger partial charge is 0.234 e. The summed E-state index contributed by atoms with van der Waals surface area (Å²) in [6, 6.07) is 18.0. The van der Waals surface area contributed by atoms with Crippen LogP contribution in [0.2, 0.25) is 0 Å². The van der Waals surface area contributed by atoms with Crippen LogP contribution in [0.3, 0.4) is 0 Å². The van der Waals surface area contributed by atoms with Crippen molar-refractivity contribution >= 4 is 23.6 Å². The highest BCUT2D eigenvalue weighted by Crippen LogP contribution is 2.39. The summed E-state index contributed by atoms with van der Waals surface area (Å²) in [5.41, 5.74) is 2.24. The molecule has 1 heterocycles. The van der Waals surface area contributed by atoms with Crippen LogP contribution < -0.4 is 10.1 Å². The van der Waals surface area contributed by atoms with Crippen LogP contribution in [-0.2, 0) is 16.1 Å². The quantitative estimate of drug-likeness (QED) is 0.536. The van der Waals surface area contributed by atoms with Crippen LogP contribution in [0.15, 0.2) is 54.6 Å². The molecular weight excluding hydrogens is 396 g/mol. The summed E-state index contributed by atoms with van der Waals surface area (Å²) >= 11 is 1.66. The van der Waals surface area contributed by atoms with Crippen molar-refractivity contribution in [2.75, 3.05) is 18.9 Å². The number of amides is 2. The first-order valence-electron chi connectivity index (χ1n) is 10.6. The van der Waals surface area contributed by atoms with E-state index in [1.165, 1.54) is 0 Å². The summed E-state index contributed by atoms with van der Waals surface area (Å²) in [6.07, 6.45) is 3.27. The molecule has 3 rings (SSSR count). The highest BCUT2D eigenvalue weighted by molar-refractivity contribution is 8.00. The Morgan fingerprint density at radius 3 is 2.63 bits per heavy atom. The first kappa shape index (κ1) is 22.2. The van der Waals surface area contributed by atoms with Crippen molar-refractivity contribution in [3.63, 3.8) is 0 Å². The van der Waals surface area contributed by atoms with E-state index >= 15 is 0 Å². The molecule has 1 atom stereocenters. The lowest BCUT2D eigenvalue weighted by Gasteiger charge is -2.24. The second-order valence-corrected chi connectivity index (χ2v) is 8.46. The number of hydrogen-bond donors (Lipinski definition) is 1. The highest BCUT2D eigenvalue weighted by atomic mass is 32.2. The van der Waals surface area contributed by atoms with Gasteiger partial charge in [0, 0.05) is 19.5 Å². The third-order valence-electron chi connectivity index (χ3n) is 5.00. The van der Waals surface area contributed by atoms with Gasteiger partial charge in [0.2, 0.25) is 11.8 Å². The Morgan fingerprint density at radius 1 is 1.13 bits per heavy atom. The van der Waals surface area contributed by atoms with Crippen LogP contribution in [0.4, 0.5) is 0 Å². The van der Waals surface area contributed by atoms with Gasteiger partial charge < -0.3 is 15.0 Å². The molecule has 2 aromatic carbocycles. The molecule has 2 aromatic rings.